The molecule has 2 heterocycles. The number of aromatic nitrogens is 2. The number of fused-ring (bicyclic) bond motifs is 8. The molecule has 1 fully saturated rings. The largest absolute Gasteiger partial charge is 0.256 e. The third kappa shape index (κ3) is 4.79. The molecular weight excluding hydrogens is 581 g/mol. The zero-order chi connectivity index (χ0) is 32.2. The molecule has 0 bridgehead atoms. The first-order valence-corrected chi connectivity index (χ1v) is 17.1. The first kappa shape index (κ1) is 28.6. The zero-order valence-corrected chi connectivity index (χ0v) is 27.2. The minimum atomic E-state index is 0.603. The highest BCUT2D eigenvalue weighted by Crippen LogP contribution is 2.63. The van der Waals surface area contributed by atoms with Gasteiger partial charge in [-0.2, -0.15) is 0 Å². The van der Waals surface area contributed by atoms with Crippen molar-refractivity contribution < 1.29 is 0 Å². The van der Waals surface area contributed by atoms with Crippen molar-refractivity contribution in [2.24, 2.45) is 0 Å². The Balaban J connectivity index is 1.16. The summed E-state index contributed by atoms with van der Waals surface area (Å²) in [6.45, 7) is 6.57. The third-order valence-electron chi connectivity index (χ3n) is 10.4. The lowest BCUT2D eigenvalue weighted by Gasteiger charge is -2.24. The Morgan fingerprint density at radius 2 is 1.60 bits per heavy atom. The summed E-state index contributed by atoms with van der Waals surface area (Å²) in [6.07, 6.45) is 9.47. The van der Waals surface area contributed by atoms with Gasteiger partial charge in [-0.15, -0.1) is 0 Å². The van der Waals surface area contributed by atoms with Gasteiger partial charge in [0.25, 0.3) is 0 Å². The minimum absolute atomic E-state index is 0.603. The van der Waals surface area contributed by atoms with Crippen molar-refractivity contribution in [3.63, 3.8) is 0 Å². The van der Waals surface area contributed by atoms with Gasteiger partial charge in [0, 0.05) is 22.5 Å². The molecule has 0 N–H and O–H groups in total. The molecule has 48 heavy (non-hydrogen) atoms. The SMILES string of the molecule is C=C(/C=C\c1ccc2ccc(-c3ccc4c(c3)-c3c(-c5cccc6ncccc56)cccc3C3CC43)nc2c1CCC)c1ccccc1. The topological polar surface area (TPSA) is 25.8 Å². The van der Waals surface area contributed by atoms with E-state index in [1.54, 1.807) is 0 Å². The Kier molecular flexibility index (Phi) is 6.90. The molecule has 2 aliphatic carbocycles. The van der Waals surface area contributed by atoms with Crippen LogP contribution in [0.5, 0.6) is 0 Å². The summed E-state index contributed by atoms with van der Waals surface area (Å²) in [5, 5.41) is 2.37. The van der Waals surface area contributed by atoms with Crippen LogP contribution in [0.4, 0.5) is 0 Å². The van der Waals surface area contributed by atoms with E-state index in [1.807, 2.05) is 18.3 Å². The number of nitrogens with zero attached hydrogens (tertiary/aromatic N) is 2. The molecule has 5 aromatic carbocycles. The Hall–Kier alpha value is -5.60. The molecule has 230 valence electrons. The van der Waals surface area contributed by atoms with Crippen LogP contribution in [0.25, 0.3) is 67.0 Å². The van der Waals surface area contributed by atoms with Crippen LogP contribution in [-0.4, -0.2) is 9.97 Å². The van der Waals surface area contributed by atoms with E-state index < -0.39 is 0 Å². The van der Waals surface area contributed by atoms with Gasteiger partial charge < -0.3 is 0 Å². The van der Waals surface area contributed by atoms with Gasteiger partial charge in [-0.1, -0.05) is 129 Å². The average Bonchev–Trinajstić information content (AvgIpc) is 3.96. The smallest absolute Gasteiger partial charge is 0.0747 e. The van der Waals surface area contributed by atoms with Crippen LogP contribution in [0.2, 0.25) is 0 Å². The minimum Gasteiger partial charge on any atom is -0.256 e. The number of hydrogen-bond acceptors (Lipinski definition) is 2. The van der Waals surface area contributed by atoms with E-state index in [-0.39, 0.29) is 0 Å². The predicted octanol–water partition coefficient (Wildman–Crippen LogP) is 12.0. The van der Waals surface area contributed by atoms with E-state index >= 15 is 0 Å². The summed E-state index contributed by atoms with van der Waals surface area (Å²) in [7, 11) is 0. The third-order valence-corrected chi connectivity index (χ3v) is 10.4. The van der Waals surface area contributed by atoms with E-state index in [0.29, 0.717) is 11.8 Å². The summed E-state index contributed by atoms with van der Waals surface area (Å²) in [5.41, 5.74) is 17.2. The molecule has 0 saturated heterocycles. The Labute approximate surface area is 282 Å². The monoisotopic (exact) mass is 616 g/mol. The van der Waals surface area contributed by atoms with Gasteiger partial charge in [0.2, 0.25) is 0 Å². The second-order valence-electron chi connectivity index (χ2n) is 13.3. The first-order chi connectivity index (χ1) is 23.7. The van der Waals surface area contributed by atoms with Crippen LogP contribution in [-0.2, 0) is 6.42 Å². The lowest BCUT2D eigenvalue weighted by molar-refractivity contribution is 0.924. The fraction of sp³-hybridized carbons (Fsp3) is 0.130. The molecule has 2 aromatic heterocycles. The molecule has 2 aliphatic rings. The molecular formula is C46H36N2. The molecule has 0 radical (unpaired) electrons. The van der Waals surface area contributed by atoms with Crippen molar-refractivity contribution in [1.29, 1.82) is 0 Å². The summed E-state index contributed by atoms with van der Waals surface area (Å²) in [4.78, 5) is 10.1. The maximum Gasteiger partial charge on any atom is 0.0747 e. The molecule has 0 aliphatic heterocycles. The van der Waals surface area contributed by atoms with E-state index in [4.69, 9.17) is 4.98 Å². The molecule has 2 nitrogen and oxygen atoms in total. The molecule has 2 atom stereocenters. The van der Waals surface area contributed by atoms with Gasteiger partial charge >= 0.3 is 0 Å². The molecule has 2 heteroatoms. The van der Waals surface area contributed by atoms with Crippen LogP contribution in [0.3, 0.4) is 0 Å². The maximum atomic E-state index is 5.40. The fourth-order valence-electron chi connectivity index (χ4n) is 7.91. The standard InChI is InChI=1S/C46H36N2/c1-3-10-34-31(19-18-29(2)30-11-5-4-6-12-30)20-21-32-23-25-43(48-46(32)34)33-22-24-36-40-28-41(40)39-15-7-14-38(45(39)42(36)27-33)35-13-8-17-44-37(35)16-9-26-47-44/h4-9,11-27,40-41H,2-3,10,28H2,1H3/b19-18-. The van der Waals surface area contributed by atoms with Crippen LogP contribution in [0, 0.1) is 0 Å². The summed E-state index contributed by atoms with van der Waals surface area (Å²) in [5.74, 6) is 1.21. The Morgan fingerprint density at radius 3 is 2.50 bits per heavy atom. The normalized spacial score (nSPS) is 16.1. The molecule has 0 amide bonds. The quantitative estimate of drug-likeness (QED) is 0.167. The molecule has 2 unspecified atom stereocenters. The summed E-state index contributed by atoms with van der Waals surface area (Å²) >= 11 is 0. The zero-order valence-electron chi connectivity index (χ0n) is 27.2. The van der Waals surface area contributed by atoms with Gasteiger partial charge in [0.15, 0.2) is 0 Å². The summed E-state index contributed by atoms with van der Waals surface area (Å²) < 4.78 is 0. The highest BCUT2D eigenvalue weighted by atomic mass is 14.7. The van der Waals surface area contributed by atoms with Crippen molar-refractivity contribution in [2.75, 3.05) is 0 Å². The molecule has 1 saturated carbocycles. The molecule has 0 spiro atoms. The van der Waals surface area contributed by atoms with Crippen LogP contribution >= 0.6 is 0 Å². The number of aryl methyl sites for hydroxylation is 1. The van der Waals surface area contributed by atoms with Crippen molar-refractivity contribution in [1.82, 2.24) is 9.97 Å². The second kappa shape index (κ2) is 11.6. The van der Waals surface area contributed by atoms with Crippen molar-refractivity contribution in [3.05, 3.63) is 168 Å². The Bertz CT molecular complexity index is 2410. The van der Waals surface area contributed by atoms with Crippen LogP contribution in [0.1, 0.15) is 59.4 Å². The lowest BCUT2D eigenvalue weighted by Crippen LogP contribution is -2.02. The predicted molar refractivity (Wildman–Crippen MR) is 202 cm³/mol. The van der Waals surface area contributed by atoms with Crippen molar-refractivity contribution in [3.8, 4) is 33.5 Å². The van der Waals surface area contributed by atoms with Gasteiger partial charge in [-0.05, 0) is 105 Å². The number of hydrogen-bond donors (Lipinski definition) is 0. The average molecular weight is 617 g/mol. The highest BCUT2D eigenvalue weighted by Gasteiger charge is 2.46. The van der Waals surface area contributed by atoms with Crippen molar-refractivity contribution in [2.45, 2.75) is 38.0 Å². The number of rotatable bonds is 7. The number of benzene rings is 5. The lowest BCUT2D eigenvalue weighted by atomic mass is 9.80. The van der Waals surface area contributed by atoms with E-state index in [1.165, 1.54) is 61.7 Å². The summed E-state index contributed by atoms with van der Waals surface area (Å²) in [6, 6.07) is 44.0. The van der Waals surface area contributed by atoms with E-state index in [9.17, 15) is 0 Å². The molecule has 9 rings (SSSR count). The number of allylic oxidation sites excluding steroid dienone is 2. The van der Waals surface area contributed by atoms with Gasteiger partial charge in [-0.3, -0.25) is 4.98 Å². The highest BCUT2D eigenvalue weighted by molar-refractivity contribution is 6.01. The molecule has 7 aromatic rings. The van der Waals surface area contributed by atoms with Gasteiger partial charge in [-0.25, -0.2) is 4.98 Å². The van der Waals surface area contributed by atoms with Crippen molar-refractivity contribution >= 4 is 33.5 Å². The van der Waals surface area contributed by atoms with Gasteiger partial charge in [0.1, 0.15) is 0 Å². The second-order valence-corrected chi connectivity index (χ2v) is 13.3. The maximum absolute atomic E-state index is 5.40. The van der Waals surface area contributed by atoms with Gasteiger partial charge in [0.05, 0.1) is 16.7 Å². The van der Waals surface area contributed by atoms with Crippen LogP contribution < -0.4 is 0 Å². The van der Waals surface area contributed by atoms with Crippen LogP contribution in [0.15, 0.2) is 140 Å². The van der Waals surface area contributed by atoms with E-state index in [0.717, 1.165) is 46.3 Å². The fourth-order valence-corrected chi connectivity index (χ4v) is 7.91. The Morgan fingerprint density at radius 1 is 0.771 bits per heavy atom. The first-order valence-electron chi connectivity index (χ1n) is 17.1. The number of pyridine rings is 2. The van der Waals surface area contributed by atoms with E-state index in [2.05, 4.69) is 140 Å².